The number of anilines is 1. The predicted octanol–water partition coefficient (Wildman–Crippen LogP) is 5.36. The van der Waals surface area contributed by atoms with Gasteiger partial charge in [0, 0.05) is 11.6 Å². The summed E-state index contributed by atoms with van der Waals surface area (Å²) in [5.74, 6) is -0.0592. The second-order valence-electron chi connectivity index (χ2n) is 6.44. The summed E-state index contributed by atoms with van der Waals surface area (Å²) in [5, 5.41) is 8.99. The van der Waals surface area contributed by atoms with E-state index in [1.807, 2.05) is 31.2 Å². The van der Waals surface area contributed by atoms with Crippen molar-refractivity contribution in [3.8, 4) is 11.3 Å². The number of nitrogens with zero attached hydrogens (tertiary/aromatic N) is 1. The maximum absolute atomic E-state index is 12.9. The van der Waals surface area contributed by atoms with Crippen LogP contribution >= 0.6 is 24.0 Å². The van der Waals surface area contributed by atoms with Crippen molar-refractivity contribution in [2.75, 3.05) is 4.90 Å². The molecule has 7 heteroatoms. The SMILES string of the molecule is Cc1cccc(N2C(=O)C(=Cc3ccc(-c4ccc(C(=O)O)cc4)o3)SC2=S)c1. The van der Waals surface area contributed by atoms with Gasteiger partial charge in [0.15, 0.2) is 4.32 Å². The van der Waals surface area contributed by atoms with Gasteiger partial charge in [0.1, 0.15) is 11.5 Å². The summed E-state index contributed by atoms with van der Waals surface area (Å²) >= 11 is 6.63. The van der Waals surface area contributed by atoms with Crippen LogP contribution in [0.4, 0.5) is 5.69 Å². The highest BCUT2D eigenvalue weighted by Crippen LogP contribution is 2.36. The maximum Gasteiger partial charge on any atom is 0.335 e. The Morgan fingerprint density at radius 3 is 2.59 bits per heavy atom. The van der Waals surface area contributed by atoms with Crippen molar-refractivity contribution in [2.24, 2.45) is 0 Å². The number of carbonyl (C=O) groups excluding carboxylic acids is 1. The highest BCUT2D eigenvalue weighted by Gasteiger charge is 2.33. The summed E-state index contributed by atoms with van der Waals surface area (Å²) in [4.78, 5) is 25.8. The van der Waals surface area contributed by atoms with Crippen LogP contribution in [0.1, 0.15) is 21.7 Å². The minimum absolute atomic E-state index is 0.186. The number of carbonyl (C=O) groups is 2. The number of furan rings is 1. The summed E-state index contributed by atoms with van der Waals surface area (Å²) in [7, 11) is 0. The van der Waals surface area contributed by atoms with Crippen molar-refractivity contribution in [3.05, 3.63) is 82.5 Å². The third-order valence-electron chi connectivity index (χ3n) is 4.37. The van der Waals surface area contributed by atoms with Crippen LogP contribution in [0.2, 0.25) is 0 Å². The number of hydrogen-bond acceptors (Lipinski definition) is 5. The maximum atomic E-state index is 12.9. The Hall–Kier alpha value is -3.16. The molecular formula is C22H15NO4S2. The van der Waals surface area contributed by atoms with Crippen molar-refractivity contribution >= 4 is 51.9 Å². The van der Waals surface area contributed by atoms with Gasteiger partial charge in [-0.25, -0.2) is 4.79 Å². The second kappa shape index (κ2) is 7.69. The summed E-state index contributed by atoms with van der Waals surface area (Å²) in [5.41, 5.74) is 2.75. The molecule has 29 heavy (non-hydrogen) atoms. The lowest BCUT2D eigenvalue weighted by molar-refractivity contribution is -0.113. The second-order valence-corrected chi connectivity index (χ2v) is 8.12. The van der Waals surface area contributed by atoms with Gasteiger partial charge in [-0.1, -0.05) is 48.2 Å². The molecule has 0 atom stereocenters. The third kappa shape index (κ3) is 3.87. The van der Waals surface area contributed by atoms with Gasteiger partial charge < -0.3 is 9.52 Å². The Balaban J connectivity index is 1.58. The molecule has 0 saturated carbocycles. The molecular weight excluding hydrogens is 406 g/mol. The first-order chi connectivity index (χ1) is 13.9. The van der Waals surface area contributed by atoms with E-state index in [4.69, 9.17) is 21.7 Å². The molecule has 1 N–H and O–H groups in total. The van der Waals surface area contributed by atoms with Crippen LogP contribution in [-0.4, -0.2) is 21.3 Å². The first-order valence-corrected chi connectivity index (χ1v) is 9.93. The number of hydrogen-bond donors (Lipinski definition) is 1. The van der Waals surface area contributed by atoms with Crippen LogP contribution in [0.3, 0.4) is 0 Å². The van der Waals surface area contributed by atoms with Crippen LogP contribution in [-0.2, 0) is 4.79 Å². The summed E-state index contributed by atoms with van der Waals surface area (Å²) in [6.45, 7) is 1.96. The molecule has 5 nitrogen and oxygen atoms in total. The zero-order chi connectivity index (χ0) is 20.5. The van der Waals surface area contributed by atoms with Crippen molar-refractivity contribution < 1.29 is 19.1 Å². The van der Waals surface area contributed by atoms with Crippen LogP contribution in [0, 0.1) is 6.92 Å². The van der Waals surface area contributed by atoms with Gasteiger partial charge in [-0.2, -0.15) is 0 Å². The fraction of sp³-hybridized carbons (Fsp3) is 0.0455. The molecule has 2 heterocycles. The minimum Gasteiger partial charge on any atom is -0.478 e. The Labute approximate surface area is 176 Å². The van der Waals surface area contributed by atoms with Gasteiger partial charge in [0.05, 0.1) is 16.2 Å². The van der Waals surface area contributed by atoms with E-state index < -0.39 is 5.97 Å². The number of thiocarbonyl (C=S) groups is 1. The Morgan fingerprint density at radius 1 is 1.14 bits per heavy atom. The quantitative estimate of drug-likeness (QED) is 0.452. The number of aromatic carboxylic acids is 1. The van der Waals surface area contributed by atoms with Gasteiger partial charge in [-0.3, -0.25) is 9.69 Å². The molecule has 1 saturated heterocycles. The van der Waals surface area contributed by atoms with E-state index in [9.17, 15) is 9.59 Å². The predicted molar refractivity (Wildman–Crippen MR) is 118 cm³/mol. The van der Waals surface area contributed by atoms with E-state index in [0.717, 1.165) is 16.8 Å². The van der Waals surface area contributed by atoms with E-state index in [1.165, 1.54) is 28.8 Å². The highest BCUT2D eigenvalue weighted by atomic mass is 32.2. The standard InChI is InChI=1S/C22H15NO4S2/c1-13-3-2-4-16(11-13)23-20(24)19(29-22(23)28)12-17-9-10-18(27-17)14-5-7-15(8-6-14)21(25)26/h2-12H,1H3,(H,25,26). The largest absolute Gasteiger partial charge is 0.478 e. The summed E-state index contributed by atoms with van der Waals surface area (Å²) in [6.07, 6.45) is 1.67. The molecule has 0 bridgehead atoms. The number of aryl methyl sites for hydroxylation is 1. The van der Waals surface area contributed by atoms with E-state index >= 15 is 0 Å². The van der Waals surface area contributed by atoms with Crippen molar-refractivity contribution in [1.29, 1.82) is 0 Å². The summed E-state index contributed by atoms with van der Waals surface area (Å²) < 4.78 is 6.30. The van der Waals surface area contributed by atoms with Crippen LogP contribution in [0.25, 0.3) is 17.4 Å². The molecule has 0 aliphatic carbocycles. The lowest BCUT2D eigenvalue weighted by atomic mass is 10.1. The number of rotatable bonds is 4. The lowest BCUT2D eigenvalue weighted by Crippen LogP contribution is -2.27. The van der Waals surface area contributed by atoms with Gasteiger partial charge in [0.2, 0.25) is 0 Å². The third-order valence-corrected chi connectivity index (χ3v) is 5.67. The van der Waals surface area contributed by atoms with E-state index in [1.54, 1.807) is 30.3 Å². The highest BCUT2D eigenvalue weighted by molar-refractivity contribution is 8.27. The van der Waals surface area contributed by atoms with Gasteiger partial charge in [-0.05, 0) is 48.9 Å². The van der Waals surface area contributed by atoms with Gasteiger partial charge in [0.25, 0.3) is 5.91 Å². The number of thioether (sulfide) groups is 1. The van der Waals surface area contributed by atoms with E-state index in [-0.39, 0.29) is 11.5 Å². The fourth-order valence-electron chi connectivity index (χ4n) is 2.95. The minimum atomic E-state index is -0.979. The first kappa shape index (κ1) is 19.2. The van der Waals surface area contributed by atoms with Crippen LogP contribution in [0.15, 0.2) is 70.0 Å². The molecule has 2 aromatic carbocycles. The molecule has 1 fully saturated rings. The monoisotopic (exact) mass is 421 g/mol. The molecule has 1 aromatic heterocycles. The molecule has 1 aliphatic rings. The molecule has 1 amide bonds. The van der Waals surface area contributed by atoms with Crippen molar-refractivity contribution in [3.63, 3.8) is 0 Å². The topological polar surface area (TPSA) is 70.8 Å². The van der Waals surface area contributed by atoms with E-state index in [2.05, 4.69) is 0 Å². The van der Waals surface area contributed by atoms with Crippen molar-refractivity contribution in [1.82, 2.24) is 0 Å². The molecule has 0 radical (unpaired) electrons. The number of benzene rings is 2. The zero-order valence-electron chi connectivity index (χ0n) is 15.3. The molecule has 3 aromatic rings. The first-order valence-electron chi connectivity index (χ1n) is 8.70. The number of carboxylic acids is 1. The zero-order valence-corrected chi connectivity index (χ0v) is 16.9. The average molecular weight is 421 g/mol. The lowest BCUT2D eigenvalue weighted by Gasteiger charge is -2.14. The Bertz CT molecular complexity index is 1160. The molecule has 1 aliphatic heterocycles. The van der Waals surface area contributed by atoms with Gasteiger partial charge in [-0.15, -0.1) is 0 Å². The molecule has 0 unspecified atom stereocenters. The Morgan fingerprint density at radius 2 is 1.90 bits per heavy atom. The van der Waals surface area contributed by atoms with E-state index in [0.29, 0.717) is 20.7 Å². The van der Waals surface area contributed by atoms with Crippen LogP contribution < -0.4 is 4.90 Å². The number of amides is 1. The van der Waals surface area contributed by atoms with Gasteiger partial charge >= 0.3 is 5.97 Å². The normalized spacial score (nSPS) is 15.3. The summed E-state index contributed by atoms with van der Waals surface area (Å²) in [6, 6.07) is 17.6. The number of carboxylic acid groups (broad SMARTS) is 1. The fourth-order valence-corrected chi connectivity index (χ4v) is 4.23. The Kier molecular flexibility index (Phi) is 5.08. The smallest absolute Gasteiger partial charge is 0.335 e. The van der Waals surface area contributed by atoms with Crippen LogP contribution in [0.5, 0.6) is 0 Å². The molecule has 0 spiro atoms. The molecule has 144 valence electrons. The average Bonchev–Trinajstić information content (AvgIpc) is 3.26. The van der Waals surface area contributed by atoms with Crippen molar-refractivity contribution in [2.45, 2.75) is 6.92 Å². The molecule has 4 rings (SSSR count).